The van der Waals surface area contributed by atoms with Gasteiger partial charge in [0.15, 0.2) is 11.6 Å². The van der Waals surface area contributed by atoms with Crippen LogP contribution in [-0.4, -0.2) is 15.2 Å². The zero-order valence-corrected chi connectivity index (χ0v) is 14.3. The lowest BCUT2D eigenvalue weighted by Gasteiger charge is -2.15. The number of pyridine rings is 1. The number of azo groups is 1. The van der Waals surface area contributed by atoms with Gasteiger partial charge in [0.25, 0.3) is 0 Å². The van der Waals surface area contributed by atoms with E-state index in [1.807, 2.05) is 28.8 Å². The third-order valence-electron chi connectivity index (χ3n) is 3.75. The molecule has 0 bridgehead atoms. The van der Waals surface area contributed by atoms with Crippen molar-refractivity contribution in [3.8, 4) is 0 Å². The second kappa shape index (κ2) is 6.00. The molecule has 3 rings (SSSR count). The number of nitrogens with zero attached hydrogens (tertiary/aromatic N) is 4. The highest BCUT2D eigenvalue weighted by Gasteiger charge is 2.23. The average Bonchev–Trinajstić information content (AvgIpc) is 2.92. The van der Waals surface area contributed by atoms with Crippen LogP contribution in [0.25, 0.3) is 5.65 Å². The summed E-state index contributed by atoms with van der Waals surface area (Å²) in [6.07, 6.45) is 1.94. The molecular weight excluding hydrogens is 300 g/mol. The van der Waals surface area contributed by atoms with Crippen molar-refractivity contribution in [1.29, 1.82) is 0 Å². The lowest BCUT2D eigenvalue weighted by molar-refractivity contribution is 0.101. The molecule has 5 heteroatoms. The predicted octanol–water partition coefficient (Wildman–Crippen LogP) is 5.25. The van der Waals surface area contributed by atoms with Gasteiger partial charge in [-0.25, -0.2) is 4.98 Å². The van der Waals surface area contributed by atoms with Crippen LogP contribution in [0.3, 0.4) is 0 Å². The van der Waals surface area contributed by atoms with Crippen molar-refractivity contribution in [2.45, 2.75) is 33.1 Å². The molecule has 0 aliphatic rings. The number of ketones is 1. The monoisotopic (exact) mass is 320 g/mol. The molecule has 0 radical (unpaired) electrons. The van der Waals surface area contributed by atoms with E-state index < -0.39 is 0 Å². The molecule has 122 valence electrons. The fourth-order valence-corrected chi connectivity index (χ4v) is 2.45. The minimum absolute atomic E-state index is 0.0373. The maximum atomic E-state index is 11.3. The van der Waals surface area contributed by atoms with E-state index in [0.29, 0.717) is 11.3 Å². The summed E-state index contributed by atoms with van der Waals surface area (Å²) in [4.78, 5) is 16.0. The molecule has 0 N–H and O–H groups in total. The summed E-state index contributed by atoms with van der Waals surface area (Å²) in [6, 6.07) is 13.0. The zero-order chi connectivity index (χ0) is 17.3. The molecule has 0 fully saturated rings. The average molecular weight is 320 g/mol. The normalized spacial score (nSPS) is 12.2. The summed E-state index contributed by atoms with van der Waals surface area (Å²) in [5.41, 5.74) is 2.98. The number of aromatic nitrogens is 2. The van der Waals surface area contributed by atoms with Crippen molar-refractivity contribution < 1.29 is 4.79 Å². The van der Waals surface area contributed by atoms with Gasteiger partial charge < -0.3 is 0 Å². The summed E-state index contributed by atoms with van der Waals surface area (Å²) in [5.74, 6) is 0.768. The maximum absolute atomic E-state index is 11.3. The summed E-state index contributed by atoms with van der Waals surface area (Å²) < 4.78 is 1.94. The number of fused-ring (bicyclic) bond motifs is 1. The first-order valence-corrected chi connectivity index (χ1v) is 7.86. The van der Waals surface area contributed by atoms with E-state index in [1.165, 1.54) is 0 Å². The van der Waals surface area contributed by atoms with Crippen LogP contribution >= 0.6 is 0 Å². The first kappa shape index (κ1) is 16.1. The Hall–Kier alpha value is -2.82. The number of benzene rings is 1. The molecule has 0 unspecified atom stereocenters. The molecule has 0 atom stereocenters. The fraction of sp³-hybridized carbons (Fsp3) is 0.263. The van der Waals surface area contributed by atoms with Crippen LogP contribution in [0.5, 0.6) is 0 Å². The van der Waals surface area contributed by atoms with Crippen LogP contribution in [0.15, 0.2) is 58.9 Å². The van der Waals surface area contributed by atoms with Gasteiger partial charge >= 0.3 is 0 Å². The van der Waals surface area contributed by atoms with Crippen LogP contribution in [0.1, 0.15) is 43.7 Å². The quantitative estimate of drug-likeness (QED) is 0.489. The van der Waals surface area contributed by atoms with Gasteiger partial charge in [-0.1, -0.05) is 26.8 Å². The number of carbonyl (C=O) groups is 1. The number of rotatable bonds is 3. The van der Waals surface area contributed by atoms with Crippen LogP contribution in [0.4, 0.5) is 11.5 Å². The Morgan fingerprint density at radius 2 is 1.75 bits per heavy atom. The number of imidazole rings is 1. The zero-order valence-electron chi connectivity index (χ0n) is 14.3. The molecule has 0 saturated heterocycles. The van der Waals surface area contributed by atoms with Gasteiger partial charge in [-0.2, -0.15) is 0 Å². The van der Waals surface area contributed by atoms with E-state index in [2.05, 4.69) is 31.0 Å². The van der Waals surface area contributed by atoms with Gasteiger partial charge in [-0.15, -0.1) is 10.2 Å². The fourth-order valence-electron chi connectivity index (χ4n) is 2.45. The summed E-state index contributed by atoms with van der Waals surface area (Å²) in [5, 5.41) is 8.77. The number of carbonyl (C=O) groups excluding carboxylic acids is 1. The Kier molecular flexibility index (Phi) is 4.01. The number of hydrogen-bond acceptors (Lipinski definition) is 4. The van der Waals surface area contributed by atoms with Crippen LogP contribution in [0, 0.1) is 0 Å². The summed E-state index contributed by atoms with van der Waals surface area (Å²) >= 11 is 0. The minimum Gasteiger partial charge on any atom is -0.295 e. The molecule has 0 aliphatic carbocycles. The largest absolute Gasteiger partial charge is 0.295 e. The molecule has 3 aromatic rings. The Labute approximate surface area is 141 Å². The molecule has 0 saturated carbocycles. The van der Waals surface area contributed by atoms with Crippen LogP contribution < -0.4 is 0 Å². The second-order valence-electron chi connectivity index (χ2n) is 6.77. The molecule has 0 spiro atoms. The summed E-state index contributed by atoms with van der Waals surface area (Å²) in [6.45, 7) is 7.87. The van der Waals surface area contributed by atoms with Crippen molar-refractivity contribution >= 4 is 22.9 Å². The van der Waals surface area contributed by atoms with Crippen LogP contribution in [0.2, 0.25) is 0 Å². The molecule has 2 heterocycles. The van der Waals surface area contributed by atoms with Crippen molar-refractivity contribution in [3.05, 3.63) is 59.9 Å². The van der Waals surface area contributed by atoms with Gasteiger partial charge in [0.1, 0.15) is 5.65 Å². The van der Waals surface area contributed by atoms with Crippen molar-refractivity contribution in [2.75, 3.05) is 0 Å². The number of hydrogen-bond donors (Lipinski definition) is 0. The van der Waals surface area contributed by atoms with E-state index in [0.717, 1.165) is 17.2 Å². The Bertz CT molecular complexity index is 915. The van der Waals surface area contributed by atoms with E-state index in [1.54, 1.807) is 31.2 Å². The minimum atomic E-state index is -0.140. The Morgan fingerprint density at radius 1 is 1.04 bits per heavy atom. The smallest absolute Gasteiger partial charge is 0.183 e. The van der Waals surface area contributed by atoms with Crippen molar-refractivity contribution in [2.24, 2.45) is 10.2 Å². The molecule has 0 amide bonds. The molecule has 24 heavy (non-hydrogen) atoms. The number of Topliss-reactive ketones (excluding diaryl/α,β-unsaturated/α-hetero) is 1. The van der Waals surface area contributed by atoms with Gasteiger partial charge in [0.2, 0.25) is 0 Å². The first-order valence-electron chi connectivity index (χ1n) is 7.86. The topological polar surface area (TPSA) is 59.1 Å². The third-order valence-corrected chi connectivity index (χ3v) is 3.75. The van der Waals surface area contributed by atoms with Crippen molar-refractivity contribution in [3.63, 3.8) is 0 Å². The molecule has 1 aromatic carbocycles. The van der Waals surface area contributed by atoms with Gasteiger partial charge in [0.05, 0.1) is 11.4 Å². The second-order valence-corrected chi connectivity index (χ2v) is 6.77. The lowest BCUT2D eigenvalue weighted by Crippen LogP contribution is -2.11. The van der Waals surface area contributed by atoms with Gasteiger partial charge in [-0.3, -0.25) is 9.20 Å². The molecule has 0 aliphatic heterocycles. The molecular formula is C19H20N4O. The maximum Gasteiger partial charge on any atom is 0.183 e. The highest BCUT2D eigenvalue weighted by Crippen LogP contribution is 2.33. The predicted molar refractivity (Wildman–Crippen MR) is 94.5 cm³/mol. The van der Waals surface area contributed by atoms with Crippen molar-refractivity contribution in [1.82, 2.24) is 9.38 Å². The van der Waals surface area contributed by atoms with Crippen LogP contribution in [-0.2, 0) is 5.41 Å². The molecule has 2 aromatic heterocycles. The van der Waals surface area contributed by atoms with E-state index in [-0.39, 0.29) is 11.2 Å². The van der Waals surface area contributed by atoms with E-state index in [4.69, 9.17) is 4.98 Å². The Balaban J connectivity index is 2.04. The molecule has 5 nitrogen and oxygen atoms in total. The van der Waals surface area contributed by atoms with E-state index >= 15 is 0 Å². The Morgan fingerprint density at radius 3 is 2.38 bits per heavy atom. The third kappa shape index (κ3) is 3.11. The summed E-state index contributed by atoms with van der Waals surface area (Å²) in [7, 11) is 0. The van der Waals surface area contributed by atoms with E-state index in [9.17, 15) is 4.79 Å². The SMILES string of the molecule is CC(=O)c1ccc(N=Nc2c(C(C)(C)C)nc3ccccn23)cc1. The highest BCUT2D eigenvalue weighted by atomic mass is 16.1. The van der Waals surface area contributed by atoms with Gasteiger partial charge in [-0.05, 0) is 43.3 Å². The highest BCUT2D eigenvalue weighted by molar-refractivity contribution is 5.94. The van der Waals surface area contributed by atoms with Gasteiger partial charge in [0, 0.05) is 17.2 Å². The standard InChI is InChI=1S/C19H20N4O/c1-13(24)14-8-10-15(11-9-14)21-22-18-17(19(2,3)4)20-16-7-5-6-12-23(16)18/h5-12H,1-4H3. The lowest BCUT2D eigenvalue weighted by atomic mass is 9.92. The first-order chi connectivity index (χ1) is 11.4.